The number of benzene rings is 1. The molecule has 1 aromatic carbocycles. The summed E-state index contributed by atoms with van der Waals surface area (Å²) in [7, 11) is 0. The van der Waals surface area contributed by atoms with Gasteiger partial charge in [0.15, 0.2) is 0 Å². The monoisotopic (exact) mass is 262 g/mol. The van der Waals surface area contributed by atoms with E-state index in [1.165, 1.54) is 13.0 Å². The van der Waals surface area contributed by atoms with E-state index in [1.807, 2.05) is 24.3 Å². The van der Waals surface area contributed by atoms with Gasteiger partial charge in [-0.25, -0.2) is 0 Å². The van der Waals surface area contributed by atoms with Crippen molar-refractivity contribution in [3.63, 3.8) is 0 Å². The maximum atomic E-state index is 5.84. The van der Waals surface area contributed by atoms with Crippen LogP contribution in [0, 0.1) is 5.92 Å². The van der Waals surface area contributed by atoms with E-state index in [0.29, 0.717) is 6.54 Å². The predicted molar refractivity (Wildman–Crippen MR) is 79.3 cm³/mol. The number of nitrogens with two attached hydrogens (primary N) is 1. The number of nitrogens with zero attached hydrogens (tertiary/aromatic N) is 1. The number of para-hydroxylation sites is 1. The molecule has 1 heterocycles. The average molecular weight is 262 g/mol. The Morgan fingerprint density at radius 2 is 2.11 bits per heavy atom. The molecule has 0 aliphatic carbocycles. The molecule has 1 aliphatic rings. The average Bonchev–Trinajstić information content (AvgIpc) is 2.73. The van der Waals surface area contributed by atoms with Crippen LogP contribution >= 0.6 is 0 Å². The van der Waals surface area contributed by atoms with Crippen LogP contribution in [0.15, 0.2) is 24.3 Å². The first-order valence-electron chi connectivity index (χ1n) is 7.35. The van der Waals surface area contributed by atoms with Crippen molar-refractivity contribution in [3.8, 4) is 5.75 Å². The van der Waals surface area contributed by atoms with Gasteiger partial charge in [-0.15, -0.1) is 0 Å². The maximum absolute atomic E-state index is 5.84. The number of likely N-dealkylation sites (tertiary alicyclic amines) is 1. The molecule has 0 aromatic heterocycles. The SMILES string of the molecule is CC1CC(C)N(CCCOc2ccccc2CN)C1. The summed E-state index contributed by atoms with van der Waals surface area (Å²) in [5.41, 5.74) is 6.79. The highest BCUT2D eigenvalue weighted by atomic mass is 16.5. The summed E-state index contributed by atoms with van der Waals surface area (Å²) in [6.45, 7) is 8.35. The zero-order chi connectivity index (χ0) is 13.7. The van der Waals surface area contributed by atoms with E-state index in [9.17, 15) is 0 Å². The van der Waals surface area contributed by atoms with E-state index in [1.54, 1.807) is 0 Å². The van der Waals surface area contributed by atoms with Crippen LogP contribution in [-0.4, -0.2) is 30.6 Å². The fraction of sp³-hybridized carbons (Fsp3) is 0.625. The van der Waals surface area contributed by atoms with Gasteiger partial charge in [-0.05, 0) is 31.7 Å². The first-order valence-corrected chi connectivity index (χ1v) is 7.35. The molecule has 1 fully saturated rings. The third-order valence-electron chi connectivity index (χ3n) is 3.95. The van der Waals surface area contributed by atoms with Crippen molar-refractivity contribution < 1.29 is 4.74 Å². The van der Waals surface area contributed by atoms with E-state index in [4.69, 9.17) is 10.5 Å². The topological polar surface area (TPSA) is 38.5 Å². The molecule has 106 valence electrons. The van der Waals surface area contributed by atoms with Crippen LogP contribution in [0.5, 0.6) is 5.75 Å². The van der Waals surface area contributed by atoms with Crippen LogP contribution in [0.4, 0.5) is 0 Å². The van der Waals surface area contributed by atoms with Crippen LogP contribution in [0.1, 0.15) is 32.3 Å². The lowest BCUT2D eigenvalue weighted by atomic mass is 10.1. The van der Waals surface area contributed by atoms with E-state index in [0.717, 1.165) is 42.8 Å². The van der Waals surface area contributed by atoms with Crippen LogP contribution < -0.4 is 10.5 Å². The van der Waals surface area contributed by atoms with Crippen LogP contribution in [0.25, 0.3) is 0 Å². The lowest BCUT2D eigenvalue weighted by Gasteiger charge is -2.21. The molecule has 2 rings (SSSR count). The molecule has 0 radical (unpaired) electrons. The second kappa shape index (κ2) is 6.92. The van der Waals surface area contributed by atoms with Crippen molar-refractivity contribution in [3.05, 3.63) is 29.8 Å². The van der Waals surface area contributed by atoms with Crippen molar-refractivity contribution in [1.82, 2.24) is 4.90 Å². The first kappa shape index (κ1) is 14.4. The molecular formula is C16H26N2O. The van der Waals surface area contributed by atoms with Crippen LogP contribution in [0.3, 0.4) is 0 Å². The molecular weight excluding hydrogens is 236 g/mol. The molecule has 2 unspecified atom stereocenters. The molecule has 0 spiro atoms. The molecule has 0 amide bonds. The summed E-state index contributed by atoms with van der Waals surface area (Å²) < 4.78 is 5.84. The molecule has 0 bridgehead atoms. The van der Waals surface area contributed by atoms with Crippen LogP contribution in [-0.2, 0) is 6.54 Å². The van der Waals surface area contributed by atoms with E-state index in [-0.39, 0.29) is 0 Å². The quantitative estimate of drug-likeness (QED) is 0.801. The lowest BCUT2D eigenvalue weighted by molar-refractivity contribution is 0.227. The molecule has 1 aromatic rings. The molecule has 2 atom stereocenters. The summed E-state index contributed by atoms with van der Waals surface area (Å²) in [6.07, 6.45) is 2.41. The maximum Gasteiger partial charge on any atom is 0.123 e. The predicted octanol–water partition coefficient (Wildman–Crippen LogP) is 2.64. The summed E-state index contributed by atoms with van der Waals surface area (Å²) in [5.74, 6) is 1.78. The molecule has 2 N–H and O–H groups in total. The van der Waals surface area contributed by atoms with E-state index >= 15 is 0 Å². The van der Waals surface area contributed by atoms with Gasteiger partial charge < -0.3 is 15.4 Å². The van der Waals surface area contributed by atoms with Crippen molar-refractivity contribution in [1.29, 1.82) is 0 Å². The van der Waals surface area contributed by atoms with Gasteiger partial charge in [0.05, 0.1) is 6.61 Å². The third kappa shape index (κ3) is 3.95. The van der Waals surface area contributed by atoms with Gasteiger partial charge in [0, 0.05) is 31.2 Å². The normalized spacial score (nSPS) is 23.7. The highest BCUT2D eigenvalue weighted by Gasteiger charge is 2.25. The first-order chi connectivity index (χ1) is 9.20. The Hall–Kier alpha value is -1.06. The highest BCUT2D eigenvalue weighted by Crippen LogP contribution is 2.22. The van der Waals surface area contributed by atoms with Crippen LogP contribution in [0.2, 0.25) is 0 Å². The molecule has 1 saturated heterocycles. The lowest BCUT2D eigenvalue weighted by Crippen LogP contribution is -2.29. The summed E-state index contributed by atoms with van der Waals surface area (Å²) in [4.78, 5) is 2.57. The van der Waals surface area contributed by atoms with Crippen molar-refractivity contribution >= 4 is 0 Å². The van der Waals surface area contributed by atoms with Gasteiger partial charge in [-0.2, -0.15) is 0 Å². The zero-order valence-corrected chi connectivity index (χ0v) is 12.1. The Balaban J connectivity index is 1.72. The molecule has 0 saturated carbocycles. The molecule has 3 heteroatoms. The minimum absolute atomic E-state index is 0.539. The Kier molecular flexibility index (Phi) is 5.23. The standard InChI is InChI=1S/C16H26N2O/c1-13-10-14(2)18(12-13)8-5-9-19-16-7-4-3-6-15(16)11-17/h3-4,6-7,13-14H,5,8-12,17H2,1-2H3. The van der Waals surface area contributed by atoms with Gasteiger partial charge in [0.1, 0.15) is 5.75 Å². The highest BCUT2D eigenvalue weighted by molar-refractivity contribution is 5.32. The third-order valence-corrected chi connectivity index (χ3v) is 3.95. The van der Waals surface area contributed by atoms with Crippen molar-refractivity contribution in [2.75, 3.05) is 19.7 Å². The summed E-state index contributed by atoms with van der Waals surface area (Å²) in [6, 6.07) is 8.76. The second-order valence-corrected chi connectivity index (χ2v) is 5.70. The smallest absolute Gasteiger partial charge is 0.123 e. The second-order valence-electron chi connectivity index (χ2n) is 5.70. The minimum Gasteiger partial charge on any atom is -0.493 e. The number of rotatable bonds is 6. The zero-order valence-electron chi connectivity index (χ0n) is 12.1. The fourth-order valence-corrected chi connectivity index (χ4v) is 2.96. The largest absolute Gasteiger partial charge is 0.493 e. The number of hydrogen-bond donors (Lipinski definition) is 1. The Morgan fingerprint density at radius 3 is 2.79 bits per heavy atom. The minimum atomic E-state index is 0.539. The van der Waals surface area contributed by atoms with Gasteiger partial charge in [-0.3, -0.25) is 0 Å². The van der Waals surface area contributed by atoms with Crippen molar-refractivity contribution in [2.24, 2.45) is 11.7 Å². The fourth-order valence-electron chi connectivity index (χ4n) is 2.96. The number of hydrogen-bond acceptors (Lipinski definition) is 3. The molecule has 3 nitrogen and oxygen atoms in total. The van der Waals surface area contributed by atoms with Gasteiger partial charge in [-0.1, -0.05) is 25.1 Å². The summed E-state index contributed by atoms with van der Waals surface area (Å²) in [5, 5.41) is 0. The molecule has 19 heavy (non-hydrogen) atoms. The number of ether oxygens (including phenoxy) is 1. The van der Waals surface area contributed by atoms with Gasteiger partial charge in [0.25, 0.3) is 0 Å². The Bertz CT molecular complexity index is 394. The van der Waals surface area contributed by atoms with Gasteiger partial charge in [0.2, 0.25) is 0 Å². The molecule has 1 aliphatic heterocycles. The van der Waals surface area contributed by atoms with Gasteiger partial charge >= 0.3 is 0 Å². The Morgan fingerprint density at radius 1 is 1.32 bits per heavy atom. The van der Waals surface area contributed by atoms with E-state index < -0.39 is 0 Å². The Labute approximate surface area is 116 Å². The van der Waals surface area contributed by atoms with E-state index in [2.05, 4.69) is 18.7 Å². The summed E-state index contributed by atoms with van der Waals surface area (Å²) >= 11 is 0. The van der Waals surface area contributed by atoms with Crippen molar-refractivity contribution in [2.45, 2.75) is 39.3 Å².